The van der Waals surface area contributed by atoms with Crippen molar-refractivity contribution in [2.24, 2.45) is 0 Å². The van der Waals surface area contributed by atoms with Gasteiger partial charge in [-0.2, -0.15) is 0 Å². The Balaban J connectivity index is 1.39. The van der Waals surface area contributed by atoms with E-state index < -0.39 is 91.1 Å². The lowest BCUT2D eigenvalue weighted by molar-refractivity contribution is -0.318. The van der Waals surface area contributed by atoms with Crippen LogP contribution in [0.2, 0.25) is 0 Å². The first-order valence-electron chi connectivity index (χ1n) is 12.8. The van der Waals surface area contributed by atoms with Gasteiger partial charge in [-0.25, -0.2) is 0 Å². The van der Waals surface area contributed by atoms with Crippen molar-refractivity contribution in [3.05, 3.63) is 52.6 Å². The first-order chi connectivity index (χ1) is 19.5. The number of hydrogen-bond donors (Lipinski definition) is 7. The van der Waals surface area contributed by atoms with Crippen molar-refractivity contribution in [3.8, 4) is 17.2 Å². The summed E-state index contributed by atoms with van der Waals surface area (Å²) in [6.07, 6.45) is -15.4. The Kier molecular flexibility index (Phi) is 8.04. The summed E-state index contributed by atoms with van der Waals surface area (Å²) >= 11 is 0. The largest absolute Gasteiger partial charge is 0.502 e. The third kappa shape index (κ3) is 4.97. The van der Waals surface area contributed by atoms with Gasteiger partial charge in [0.2, 0.25) is 12.0 Å². The Morgan fingerprint density at radius 1 is 0.780 bits per heavy atom. The molecule has 2 aliphatic heterocycles. The van der Waals surface area contributed by atoms with Gasteiger partial charge >= 0.3 is 0 Å². The molecule has 0 unspecified atom stereocenters. The van der Waals surface area contributed by atoms with E-state index in [0.29, 0.717) is 0 Å². The van der Waals surface area contributed by atoms with Gasteiger partial charge in [-0.15, -0.1) is 0 Å². The van der Waals surface area contributed by atoms with Crippen molar-refractivity contribution in [2.45, 2.75) is 68.3 Å². The lowest BCUT2D eigenvalue weighted by atomic mass is 9.83. The molecule has 2 saturated heterocycles. The van der Waals surface area contributed by atoms with Gasteiger partial charge in [0, 0.05) is 16.7 Å². The van der Waals surface area contributed by atoms with Crippen LogP contribution in [-0.4, -0.2) is 122 Å². The molecule has 10 atom stereocenters. The summed E-state index contributed by atoms with van der Waals surface area (Å²) in [5.41, 5.74) is -0.0544. The molecule has 2 aromatic carbocycles. The molecular weight excluding hydrogens is 548 g/mol. The Labute approximate surface area is 232 Å². The van der Waals surface area contributed by atoms with Crippen LogP contribution in [0.5, 0.6) is 17.2 Å². The zero-order valence-electron chi connectivity index (χ0n) is 21.9. The fourth-order valence-corrected chi connectivity index (χ4v) is 5.09. The SMILES string of the molecule is COc1c(O)c(O[C@@H]2O[C@H](CO[C@@H]3O[C@@H](C)[C@H](O)[C@@H](O)[C@H]3O)[C@@H](O)[C@H](O)[C@H]2O)cc2c1C(=O)c1ccccc1C2=O. The van der Waals surface area contributed by atoms with Crippen molar-refractivity contribution in [2.75, 3.05) is 13.7 Å². The molecule has 0 saturated carbocycles. The van der Waals surface area contributed by atoms with Gasteiger partial charge in [0.1, 0.15) is 42.7 Å². The molecule has 222 valence electrons. The van der Waals surface area contributed by atoms with E-state index in [9.17, 15) is 45.3 Å². The Morgan fingerprint density at radius 3 is 2.05 bits per heavy atom. The number of aliphatic hydroxyl groups excluding tert-OH is 6. The highest BCUT2D eigenvalue weighted by Crippen LogP contribution is 2.45. The minimum absolute atomic E-state index is 0.130. The predicted molar refractivity (Wildman–Crippen MR) is 134 cm³/mol. The van der Waals surface area contributed by atoms with Crippen LogP contribution in [0.25, 0.3) is 0 Å². The average Bonchev–Trinajstić information content (AvgIpc) is 2.97. The van der Waals surface area contributed by atoms with E-state index in [4.69, 9.17) is 23.7 Å². The molecule has 14 nitrogen and oxygen atoms in total. The number of ether oxygens (including phenoxy) is 5. The van der Waals surface area contributed by atoms with Crippen LogP contribution in [0.3, 0.4) is 0 Å². The van der Waals surface area contributed by atoms with E-state index in [1.54, 1.807) is 12.1 Å². The number of benzene rings is 2. The number of aliphatic hydroxyl groups is 6. The molecule has 0 amide bonds. The van der Waals surface area contributed by atoms with Gasteiger partial charge < -0.3 is 59.4 Å². The summed E-state index contributed by atoms with van der Waals surface area (Å²) in [4.78, 5) is 26.4. The van der Waals surface area contributed by atoms with E-state index in [1.807, 2.05) is 0 Å². The molecule has 2 fully saturated rings. The van der Waals surface area contributed by atoms with Crippen LogP contribution in [0.15, 0.2) is 30.3 Å². The van der Waals surface area contributed by atoms with Crippen LogP contribution < -0.4 is 9.47 Å². The van der Waals surface area contributed by atoms with Crippen molar-refractivity contribution >= 4 is 11.6 Å². The van der Waals surface area contributed by atoms with E-state index in [2.05, 4.69) is 0 Å². The summed E-state index contributed by atoms with van der Waals surface area (Å²) < 4.78 is 27.3. The normalized spacial score (nSPS) is 35.0. The molecule has 14 heteroatoms. The van der Waals surface area contributed by atoms with Gasteiger partial charge in [-0.3, -0.25) is 9.59 Å². The van der Waals surface area contributed by atoms with E-state index in [0.717, 1.165) is 6.07 Å². The molecule has 5 rings (SSSR count). The van der Waals surface area contributed by atoms with Crippen LogP contribution in [0.4, 0.5) is 0 Å². The van der Waals surface area contributed by atoms with E-state index in [-0.39, 0.29) is 28.0 Å². The molecule has 2 heterocycles. The average molecular weight is 579 g/mol. The quantitative estimate of drug-likeness (QED) is 0.172. The molecule has 0 radical (unpaired) electrons. The van der Waals surface area contributed by atoms with Gasteiger partial charge in [0.25, 0.3) is 0 Å². The molecule has 0 bridgehead atoms. The first-order valence-corrected chi connectivity index (χ1v) is 12.8. The lowest BCUT2D eigenvalue weighted by Gasteiger charge is -2.42. The molecular formula is C27H30O14. The second-order valence-corrected chi connectivity index (χ2v) is 10.0. The van der Waals surface area contributed by atoms with Crippen LogP contribution in [0.1, 0.15) is 38.8 Å². The fraction of sp³-hybridized carbons (Fsp3) is 0.481. The van der Waals surface area contributed by atoms with Gasteiger partial charge in [0.15, 0.2) is 29.4 Å². The number of methoxy groups -OCH3 is 1. The van der Waals surface area contributed by atoms with E-state index in [1.165, 1.54) is 26.2 Å². The fourth-order valence-electron chi connectivity index (χ4n) is 5.09. The number of carbonyl (C=O) groups is 2. The summed E-state index contributed by atoms with van der Waals surface area (Å²) in [6, 6.07) is 7.21. The third-order valence-corrected chi connectivity index (χ3v) is 7.46. The van der Waals surface area contributed by atoms with Crippen molar-refractivity contribution in [1.29, 1.82) is 0 Å². The minimum Gasteiger partial charge on any atom is -0.502 e. The maximum Gasteiger partial charge on any atom is 0.229 e. The maximum absolute atomic E-state index is 13.2. The number of phenolic OH excluding ortho intramolecular Hbond substituents is 1. The highest BCUT2D eigenvalue weighted by atomic mass is 16.7. The van der Waals surface area contributed by atoms with Crippen LogP contribution in [0, 0.1) is 0 Å². The Morgan fingerprint density at radius 2 is 1.39 bits per heavy atom. The summed E-state index contributed by atoms with van der Waals surface area (Å²) in [7, 11) is 1.18. The molecule has 41 heavy (non-hydrogen) atoms. The number of hydrogen-bond acceptors (Lipinski definition) is 14. The van der Waals surface area contributed by atoms with Crippen molar-refractivity contribution in [1.82, 2.24) is 0 Å². The Hall–Kier alpha value is -3.18. The van der Waals surface area contributed by atoms with Gasteiger partial charge in [0.05, 0.1) is 25.4 Å². The maximum atomic E-state index is 13.2. The molecule has 1 aliphatic carbocycles. The predicted octanol–water partition coefficient (Wildman–Crippen LogP) is -1.79. The second-order valence-electron chi connectivity index (χ2n) is 10.0. The number of carbonyl (C=O) groups excluding carboxylic acids is 2. The molecule has 0 spiro atoms. The topological polar surface area (TPSA) is 222 Å². The summed E-state index contributed by atoms with van der Waals surface area (Å²) in [6.45, 7) is 0.910. The first kappa shape index (κ1) is 29.3. The van der Waals surface area contributed by atoms with Crippen molar-refractivity contribution < 1.29 is 69.0 Å². The number of ketones is 2. The molecule has 3 aliphatic rings. The third-order valence-electron chi connectivity index (χ3n) is 7.46. The van der Waals surface area contributed by atoms with Crippen LogP contribution in [-0.2, 0) is 14.2 Å². The standard InChI is InChI=1S/C27H30O14/c1-9-16(28)21(33)23(35)26(39-9)38-8-14-19(31)22(34)24(36)27(41-14)40-13-7-12-15(25(37-2)20(13)32)18(30)11-6-4-3-5-10(11)17(12)29/h3-7,9,14,16,19,21-24,26-28,31-36H,8H2,1-2H3/t9-,14+,16-,19+,21+,22-,23+,24+,26+,27+/m0/s1. The molecule has 2 aromatic rings. The number of rotatable bonds is 6. The minimum atomic E-state index is -1.85. The molecule has 0 aromatic heterocycles. The monoisotopic (exact) mass is 578 g/mol. The Bertz CT molecular complexity index is 1330. The summed E-state index contributed by atoms with van der Waals surface area (Å²) in [5.74, 6) is -2.56. The van der Waals surface area contributed by atoms with E-state index >= 15 is 0 Å². The zero-order valence-corrected chi connectivity index (χ0v) is 21.9. The number of phenols is 1. The van der Waals surface area contributed by atoms with Gasteiger partial charge in [-0.05, 0) is 13.0 Å². The number of aromatic hydroxyl groups is 1. The zero-order chi connectivity index (χ0) is 29.7. The van der Waals surface area contributed by atoms with Gasteiger partial charge in [-0.1, -0.05) is 24.3 Å². The molecule has 7 N–H and O–H groups in total. The summed E-state index contributed by atoms with van der Waals surface area (Å²) in [5, 5.41) is 72.4. The van der Waals surface area contributed by atoms with Crippen molar-refractivity contribution in [3.63, 3.8) is 0 Å². The lowest BCUT2D eigenvalue weighted by Crippen LogP contribution is -2.61. The second kappa shape index (κ2) is 11.2. The van der Waals surface area contributed by atoms with Crippen LogP contribution >= 0.6 is 0 Å². The highest BCUT2D eigenvalue weighted by Gasteiger charge is 2.48. The highest BCUT2D eigenvalue weighted by molar-refractivity contribution is 6.29. The number of fused-ring (bicyclic) bond motifs is 2. The smallest absolute Gasteiger partial charge is 0.229 e.